The summed E-state index contributed by atoms with van der Waals surface area (Å²) in [5.74, 6) is -2.85. The van der Waals surface area contributed by atoms with Gasteiger partial charge < -0.3 is 5.73 Å². The summed E-state index contributed by atoms with van der Waals surface area (Å²) in [4.78, 5) is 12.3. The molecule has 2 aromatic carbocycles. The van der Waals surface area contributed by atoms with Crippen LogP contribution in [0, 0.1) is 25.5 Å². The van der Waals surface area contributed by atoms with Crippen molar-refractivity contribution in [2.24, 2.45) is 0 Å². The summed E-state index contributed by atoms with van der Waals surface area (Å²) >= 11 is 5.99. The first-order valence-electron chi connectivity index (χ1n) is 5.88. The van der Waals surface area contributed by atoms with E-state index in [0.29, 0.717) is 0 Å². The van der Waals surface area contributed by atoms with Gasteiger partial charge in [-0.25, -0.2) is 8.78 Å². The quantitative estimate of drug-likeness (QED) is 0.671. The van der Waals surface area contributed by atoms with Gasteiger partial charge in [0.25, 0.3) is 0 Å². The molecule has 0 radical (unpaired) electrons. The molecule has 5 heteroatoms. The summed E-state index contributed by atoms with van der Waals surface area (Å²) in [5.41, 5.74) is 6.15. The number of carbonyl (C=O) groups excluding carboxylic acids is 1. The molecule has 0 spiro atoms. The van der Waals surface area contributed by atoms with Crippen LogP contribution in [0.1, 0.15) is 27.0 Å². The molecule has 0 saturated carbocycles. The Kier molecular flexibility index (Phi) is 3.77. The second-order valence-electron chi connectivity index (χ2n) is 4.57. The predicted molar refractivity (Wildman–Crippen MR) is 75.1 cm³/mol. The van der Waals surface area contributed by atoms with E-state index >= 15 is 0 Å². The highest BCUT2D eigenvalue weighted by Crippen LogP contribution is 2.27. The first-order chi connectivity index (χ1) is 9.32. The predicted octanol–water partition coefficient (Wildman–Crippen LogP) is 4.05. The number of aryl methyl sites for hydroxylation is 2. The Labute approximate surface area is 120 Å². The van der Waals surface area contributed by atoms with E-state index in [4.69, 9.17) is 17.3 Å². The Bertz CT molecular complexity index is 714. The first kappa shape index (κ1) is 14.5. The van der Waals surface area contributed by atoms with Crippen LogP contribution in [0.25, 0.3) is 0 Å². The van der Waals surface area contributed by atoms with E-state index in [0.717, 1.165) is 23.3 Å². The third-order valence-electron chi connectivity index (χ3n) is 3.18. The van der Waals surface area contributed by atoms with Gasteiger partial charge in [-0.2, -0.15) is 0 Å². The second-order valence-corrected chi connectivity index (χ2v) is 4.98. The number of halogens is 3. The molecule has 0 aliphatic rings. The van der Waals surface area contributed by atoms with Gasteiger partial charge >= 0.3 is 0 Å². The van der Waals surface area contributed by atoms with E-state index in [1.807, 2.05) is 6.92 Å². The van der Waals surface area contributed by atoms with Gasteiger partial charge in [0.05, 0.1) is 16.3 Å². The van der Waals surface area contributed by atoms with Gasteiger partial charge in [0.1, 0.15) is 5.82 Å². The van der Waals surface area contributed by atoms with Crippen LogP contribution in [0.15, 0.2) is 24.3 Å². The van der Waals surface area contributed by atoms with Gasteiger partial charge in [-0.1, -0.05) is 11.6 Å². The summed E-state index contributed by atoms with van der Waals surface area (Å²) < 4.78 is 27.6. The normalized spacial score (nSPS) is 10.7. The number of anilines is 1. The number of carbonyl (C=O) groups is 1. The molecule has 2 aromatic rings. The molecule has 0 heterocycles. The largest absolute Gasteiger partial charge is 0.396 e. The summed E-state index contributed by atoms with van der Waals surface area (Å²) in [6.07, 6.45) is 0. The van der Waals surface area contributed by atoms with E-state index in [-0.39, 0.29) is 16.3 Å². The number of hydrogen-bond acceptors (Lipinski definition) is 2. The van der Waals surface area contributed by atoms with Crippen LogP contribution in [0.5, 0.6) is 0 Å². The van der Waals surface area contributed by atoms with Crippen LogP contribution in [0.3, 0.4) is 0 Å². The molecular weight excluding hydrogens is 284 g/mol. The van der Waals surface area contributed by atoms with Crippen molar-refractivity contribution >= 4 is 23.1 Å². The molecule has 0 atom stereocenters. The van der Waals surface area contributed by atoms with Crippen molar-refractivity contribution in [3.8, 4) is 0 Å². The summed E-state index contributed by atoms with van der Waals surface area (Å²) in [5, 5.41) is 0.152. The molecular formula is C15H12ClF2NO. The Hall–Kier alpha value is -1.94. The van der Waals surface area contributed by atoms with Crippen molar-refractivity contribution in [2.45, 2.75) is 13.8 Å². The van der Waals surface area contributed by atoms with Crippen molar-refractivity contribution in [1.82, 2.24) is 0 Å². The molecule has 0 fully saturated rings. The zero-order valence-corrected chi connectivity index (χ0v) is 11.7. The second kappa shape index (κ2) is 5.21. The van der Waals surface area contributed by atoms with E-state index in [1.54, 1.807) is 13.0 Å². The maximum absolute atomic E-state index is 13.9. The van der Waals surface area contributed by atoms with Crippen LogP contribution >= 0.6 is 11.6 Å². The van der Waals surface area contributed by atoms with Crippen molar-refractivity contribution in [1.29, 1.82) is 0 Å². The minimum atomic E-state index is -1.07. The molecule has 0 amide bonds. The maximum atomic E-state index is 13.9. The maximum Gasteiger partial charge on any atom is 0.200 e. The molecule has 0 aliphatic heterocycles. The highest BCUT2D eigenvalue weighted by Gasteiger charge is 2.23. The average Bonchev–Trinajstić information content (AvgIpc) is 2.38. The standard InChI is InChI=1S/C15H12ClF2NO/c1-7-5-9(10(16)6-8(7)2)15(20)13-11(17)3-4-12(19)14(13)18/h3-6H,19H2,1-2H3. The van der Waals surface area contributed by atoms with Gasteiger partial charge in [0, 0.05) is 5.56 Å². The molecule has 20 heavy (non-hydrogen) atoms. The SMILES string of the molecule is Cc1cc(Cl)c(C(=O)c2c(F)ccc(N)c2F)cc1C. The van der Waals surface area contributed by atoms with E-state index in [9.17, 15) is 13.6 Å². The van der Waals surface area contributed by atoms with Crippen LogP contribution in [-0.4, -0.2) is 5.78 Å². The lowest BCUT2D eigenvalue weighted by Crippen LogP contribution is -2.10. The number of nitrogens with two attached hydrogens (primary N) is 1. The Morgan fingerprint density at radius 3 is 2.40 bits per heavy atom. The summed E-state index contributed by atoms with van der Waals surface area (Å²) in [6.45, 7) is 3.62. The number of nitrogen functional groups attached to an aromatic ring is 1. The van der Waals surface area contributed by atoms with Crippen molar-refractivity contribution in [2.75, 3.05) is 5.73 Å². The number of benzene rings is 2. The number of rotatable bonds is 2. The molecule has 0 aliphatic carbocycles. The summed E-state index contributed by atoms with van der Waals surface area (Å²) in [6, 6.07) is 5.14. The Morgan fingerprint density at radius 2 is 1.75 bits per heavy atom. The van der Waals surface area contributed by atoms with Gasteiger partial charge in [-0.15, -0.1) is 0 Å². The molecule has 0 bridgehead atoms. The van der Waals surface area contributed by atoms with Crippen LogP contribution in [-0.2, 0) is 0 Å². The van der Waals surface area contributed by atoms with E-state index in [1.165, 1.54) is 6.07 Å². The Balaban J connectivity index is 2.64. The minimum absolute atomic E-state index is 0.0539. The van der Waals surface area contributed by atoms with Crippen molar-refractivity contribution < 1.29 is 13.6 Å². The molecule has 2 nitrogen and oxygen atoms in total. The smallest absolute Gasteiger partial charge is 0.200 e. The number of ketones is 1. The molecule has 104 valence electrons. The van der Waals surface area contributed by atoms with Gasteiger partial charge in [0.2, 0.25) is 5.78 Å². The lowest BCUT2D eigenvalue weighted by atomic mass is 9.98. The van der Waals surface area contributed by atoms with Gasteiger partial charge in [0.15, 0.2) is 5.82 Å². The minimum Gasteiger partial charge on any atom is -0.396 e. The van der Waals surface area contributed by atoms with E-state index < -0.39 is 23.0 Å². The van der Waals surface area contributed by atoms with Gasteiger partial charge in [-0.05, 0) is 49.2 Å². The fourth-order valence-corrected chi connectivity index (χ4v) is 2.17. The van der Waals surface area contributed by atoms with Crippen LogP contribution in [0.2, 0.25) is 5.02 Å². The third-order valence-corrected chi connectivity index (χ3v) is 3.49. The number of hydrogen-bond donors (Lipinski definition) is 1. The monoisotopic (exact) mass is 295 g/mol. The zero-order chi connectivity index (χ0) is 15.0. The van der Waals surface area contributed by atoms with E-state index in [2.05, 4.69) is 0 Å². The van der Waals surface area contributed by atoms with Gasteiger partial charge in [-0.3, -0.25) is 4.79 Å². The fourth-order valence-electron chi connectivity index (χ4n) is 1.87. The topological polar surface area (TPSA) is 43.1 Å². The highest BCUT2D eigenvalue weighted by atomic mass is 35.5. The molecule has 2 rings (SSSR count). The lowest BCUT2D eigenvalue weighted by Gasteiger charge is -2.10. The molecule has 2 N–H and O–H groups in total. The zero-order valence-electron chi connectivity index (χ0n) is 10.9. The third kappa shape index (κ3) is 2.39. The lowest BCUT2D eigenvalue weighted by molar-refractivity contribution is 0.103. The van der Waals surface area contributed by atoms with Crippen molar-refractivity contribution in [3.05, 3.63) is 63.2 Å². The van der Waals surface area contributed by atoms with Crippen molar-refractivity contribution in [3.63, 3.8) is 0 Å². The fraction of sp³-hybridized carbons (Fsp3) is 0.133. The molecule has 0 saturated heterocycles. The summed E-state index contributed by atoms with van der Waals surface area (Å²) in [7, 11) is 0. The first-order valence-corrected chi connectivity index (χ1v) is 6.25. The van der Waals surface area contributed by atoms with Crippen LogP contribution in [0.4, 0.5) is 14.5 Å². The average molecular weight is 296 g/mol. The van der Waals surface area contributed by atoms with Crippen LogP contribution < -0.4 is 5.73 Å². The Morgan fingerprint density at radius 1 is 1.15 bits per heavy atom. The molecule has 0 aromatic heterocycles. The highest BCUT2D eigenvalue weighted by molar-refractivity contribution is 6.35. The molecule has 0 unspecified atom stereocenters.